The molecule has 29 heavy (non-hydrogen) atoms. The Bertz CT molecular complexity index is 869. The van der Waals surface area contributed by atoms with Crippen molar-refractivity contribution in [1.82, 2.24) is 4.90 Å². The average molecular weight is 401 g/mol. The minimum absolute atomic E-state index is 0.0220. The Morgan fingerprint density at radius 3 is 2.41 bits per heavy atom. The molecule has 0 N–H and O–H groups in total. The van der Waals surface area contributed by atoms with Gasteiger partial charge in [-0.2, -0.15) is 0 Å². The number of rotatable bonds is 5. The van der Waals surface area contributed by atoms with Crippen LogP contribution in [-0.2, 0) is 27.4 Å². The summed E-state index contributed by atoms with van der Waals surface area (Å²) in [4.78, 5) is 13.4. The summed E-state index contributed by atoms with van der Waals surface area (Å²) < 4.78 is 32.1. The first kappa shape index (κ1) is 21.4. The van der Waals surface area contributed by atoms with Crippen molar-refractivity contribution in [3.63, 3.8) is 0 Å². The van der Waals surface area contributed by atoms with Gasteiger partial charge in [0.05, 0.1) is 0 Å². The molecule has 0 atom stereocenters. The Morgan fingerprint density at radius 1 is 1.14 bits per heavy atom. The smallest absolute Gasteiger partial charge is 0.302 e. The summed E-state index contributed by atoms with van der Waals surface area (Å²) in [6.07, 6.45) is 1.01. The molecule has 0 amide bonds. The Labute approximate surface area is 171 Å². The summed E-state index contributed by atoms with van der Waals surface area (Å²) in [6, 6.07) is 12.9. The van der Waals surface area contributed by atoms with Crippen molar-refractivity contribution in [2.75, 3.05) is 19.7 Å². The van der Waals surface area contributed by atoms with Crippen molar-refractivity contribution in [3.8, 4) is 11.1 Å². The van der Waals surface area contributed by atoms with Crippen molar-refractivity contribution in [2.24, 2.45) is 0 Å². The van der Waals surface area contributed by atoms with Gasteiger partial charge in [-0.15, -0.1) is 0 Å². The highest BCUT2D eigenvalue weighted by atomic mass is 19.3. The number of ether oxygens (including phenoxy) is 1. The van der Waals surface area contributed by atoms with E-state index in [1.165, 1.54) is 30.2 Å². The molecule has 2 aromatic carbocycles. The van der Waals surface area contributed by atoms with Crippen LogP contribution in [0.1, 0.15) is 50.8 Å². The van der Waals surface area contributed by atoms with Crippen molar-refractivity contribution in [2.45, 2.75) is 52.0 Å². The topological polar surface area (TPSA) is 29.5 Å². The fraction of sp³-hybridized carbons (Fsp3) is 0.458. The van der Waals surface area contributed by atoms with Gasteiger partial charge in [-0.3, -0.25) is 9.69 Å². The molecular weight excluding hydrogens is 372 g/mol. The molecule has 5 heteroatoms. The molecule has 3 rings (SSSR count). The number of esters is 1. The molecule has 2 aromatic rings. The van der Waals surface area contributed by atoms with Crippen molar-refractivity contribution >= 4 is 5.97 Å². The summed E-state index contributed by atoms with van der Waals surface area (Å²) >= 11 is 0. The van der Waals surface area contributed by atoms with Crippen LogP contribution in [0.25, 0.3) is 11.1 Å². The molecule has 0 saturated carbocycles. The first-order chi connectivity index (χ1) is 13.6. The van der Waals surface area contributed by atoms with Gasteiger partial charge in [0.15, 0.2) is 0 Å². The molecule has 0 aromatic heterocycles. The average Bonchev–Trinajstić information content (AvgIpc) is 2.77. The van der Waals surface area contributed by atoms with Crippen LogP contribution in [0.5, 0.6) is 0 Å². The monoisotopic (exact) mass is 401 g/mol. The molecule has 0 aliphatic carbocycles. The molecule has 3 nitrogen and oxygen atoms in total. The van der Waals surface area contributed by atoms with E-state index in [1.54, 1.807) is 12.1 Å². The van der Waals surface area contributed by atoms with Gasteiger partial charge in [0.2, 0.25) is 0 Å². The maximum Gasteiger partial charge on any atom is 0.302 e. The molecule has 0 spiro atoms. The second-order valence-electron chi connectivity index (χ2n) is 8.59. The first-order valence-corrected chi connectivity index (χ1v) is 10.0. The quantitative estimate of drug-likeness (QED) is 0.619. The van der Waals surface area contributed by atoms with Gasteiger partial charge in [-0.25, -0.2) is 8.78 Å². The lowest BCUT2D eigenvalue weighted by atomic mass is 9.79. The van der Waals surface area contributed by atoms with Crippen LogP contribution in [0, 0.1) is 0 Å². The highest BCUT2D eigenvalue weighted by molar-refractivity contribution is 5.66. The van der Waals surface area contributed by atoms with Crippen LogP contribution in [0.2, 0.25) is 0 Å². The Kier molecular flexibility index (Phi) is 6.08. The van der Waals surface area contributed by atoms with Gasteiger partial charge in [0.25, 0.3) is 5.92 Å². The number of hydrogen-bond donors (Lipinski definition) is 0. The van der Waals surface area contributed by atoms with Gasteiger partial charge >= 0.3 is 5.97 Å². The highest BCUT2D eigenvalue weighted by Crippen LogP contribution is 2.36. The van der Waals surface area contributed by atoms with Crippen LogP contribution in [0.4, 0.5) is 8.78 Å². The fourth-order valence-corrected chi connectivity index (χ4v) is 3.92. The summed E-state index contributed by atoms with van der Waals surface area (Å²) in [5.41, 5.74) is 4.55. The Hall–Kier alpha value is -2.27. The maximum atomic E-state index is 13.5. The third-order valence-electron chi connectivity index (χ3n) is 5.72. The minimum Gasteiger partial charge on any atom is -0.465 e. The lowest BCUT2D eigenvalue weighted by Crippen LogP contribution is -2.29. The number of benzene rings is 2. The lowest BCUT2D eigenvalue weighted by Gasteiger charge is -2.25. The number of carbonyl (C=O) groups is 1. The zero-order chi connectivity index (χ0) is 21.2. The van der Waals surface area contributed by atoms with Crippen LogP contribution in [0.3, 0.4) is 0 Å². The summed E-state index contributed by atoms with van der Waals surface area (Å²) in [5, 5.41) is 0. The second kappa shape index (κ2) is 8.23. The van der Waals surface area contributed by atoms with Crippen LogP contribution in [-0.4, -0.2) is 30.6 Å². The van der Waals surface area contributed by atoms with Crippen molar-refractivity contribution in [1.29, 1.82) is 0 Å². The fourth-order valence-electron chi connectivity index (χ4n) is 3.92. The standard InChI is InChI=1S/C24H29F2NO2/c1-17(28)29-14-13-27-12-11-23(2,3)22-10-7-19(15-20(22)16-27)18-5-8-21(9-6-18)24(4,25)26/h5-10,15H,11-14,16H2,1-4H3. The van der Waals surface area contributed by atoms with E-state index in [0.29, 0.717) is 13.2 Å². The first-order valence-electron chi connectivity index (χ1n) is 10.0. The van der Waals surface area contributed by atoms with E-state index >= 15 is 0 Å². The van der Waals surface area contributed by atoms with E-state index in [4.69, 9.17) is 4.74 Å². The summed E-state index contributed by atoms with van der Waals surface area (Å²) in [6.45, 7) is 9.62. The number of fused-ring (bicyclic) bond motifs is 1. The van der Waals surface area contributed by atoms with E-state index in [1.807, 2.05) is 0 Å². The second-order valence-corrected chi connectivity index (χ2v) is 8.59. The van der Waals surface area contributed by atoms with E-state index in [-0.39, 0.29) is 16.9 Å². The number of nitrogens with zero attached hydrogens (tertiary/aromatic N) is 1. The SMILES string of the molecule is CC(=O)OCCN1CCC(C)(C)c2ccc(-c3ccc(C(C)(F)F)cc3)cc2C1. The molecule has 1 aliphatic rings. The summed E-state index contributed by atoms with van der Waals surface area (Å²) in [5.74, 6) is -3.09. The molecule has 1 heterocycles. The molecule has 0 unspecified atom stereocenters. The molecule has 0 fully saturated rings. The zero-order valence-corrected chi connectivity index (χ0v) is 17.6. The number of carbonyl (C=O) groups excluding carboxylic acids is 1. The third kappa shape index (κ3) is 5.21. The molecule has 0 radical (unpaired) electrons. The normalized spacial score (nSPS) is 16.8. The molecule has 156 valence electrons. The highest BCUT2D eigenvalue weighted by Gasteiger charge is 2.29. The minimum atomic E-state index is -2.83. The molecule has 0 bridgehead atoms. The maximum absolute atomic E-state index is 13.5. The molecular formula is C24H29F2NO2. The predicted molar refractivity (Wildman–Crippen MR) is 111 cm³/mol. The number of hydrogen-bond acceptors (Lipinski definition) is 3. The predicted octanol–water partition coefficient (Wildman–Crippen LogP) is 5.51. The van der Waals surface area contributed by atoms with Gasteiger partial charge in [0, 0.05) is 32.5 Å². The van der Waals surface area contributed by atoms with Crippen molar-refractivity contribution in [3.05, 3.63) is 59.2 Å². The van der Waals surface area contributed by atoms with Gasteiger partial charge < -0.3 is 4.74 Å². The van der Waals surface area contributed by atoms with Crippen LogP contribution < -0.4 is 0 Å². The molecule has 1 aliphatic heterocycles. The zero-order valence-electron chi connectivity index (χ0n) is 17.6. The Morgan fingerprint density at radius 2 is 1.79 bits per heavy atom. The largest absolute Gasteiger partial charge is 0.465 e. The Balaban J connectivity index is 1.87. The van der Waals surface area contributed by atoms with Crippen LogP contribution >= 0.6 is 0 Å². The van der Waals surface area contributed by atoms with Gasteiger partial charge in [0.1, 0.15) is 6.61 Å². The van der Waals surface area contributed by atoms with E-state index in [0.717, 1.165) is 37.6 Å². The molecule has 0 saturated heterocycles. The van der Waals surface area contributed by atoms with E-state index in [2.05, 4.69) is 36.9 Å². The van der Waals surface area contributed by atoms with Crippen molar-refractivity contribution < 1.29 is 18.3 Å². The van der Waals surface area contributed by atoms with Crippen LogP contribution in [0.15, 0.2) is 42.5 Å². The van der Waals surface area contributed by atoms with E-state index in [9.17, 15) is 13.6 Å². The van der Waals surface area contributed by atoms with Gasteiger partial charge in [-0.1, -0.05) is 50.2 Å². The van der Waals surface area contributed by atoms with E-state index < -0.39 is 5.92 Å². The third-order valence-corrected chi connectivity index (χ3v) is 5.72. The lowest BCUT2D eigenvalue weighted by molar-refractivity contribution is -0.141. The number of halogens is 2. The number of alkyl halides is 2. The summed E-state index contributed by atoms with van der Waals surface area (Å²) in [7, 11) is 0. The van der Waals surface area contributed by atoms with Gasteiger partial charge in [-0.05, 0) is 46.7 Å².